The third-order valence-electron chi connectivity index (χ3n) is 7.33. The number of hydrogen-bond acceptors (Lipinski definition) is 9. The Labute approximate surface area is 266 Å². The van der Waals surface area contributed by atoms with Crippen molar-refractivity contribution in [2.24, 2.45) is 0 Å². The van der Waals surface area contributed by atoms with Gasteiger partial charge in [0.2, 0.25) is 12.7 Å². The molecule has 0 N–H and O–H groups in total. The van der Waals surface area contributed by atoms with Gasteiger partial charge in [-0.3, -0.25) is 4.79 Å². The average Bonchev–Trinajstić information content (AvgIpc) is 3.53. The van der Waals surface area contributed by atoms with Gasteiger partial charge >= 0.3 is 0 Å². The molecule has 5 rings (SSSR count). The number of methoxy groups -OCH3 is 3. The molecule has 3 aromatic carbocycles. The maximum atomic E-state index is 14.9. The van der Waals surface area contributed by atoms with Crippen LogP contribution in [0.3, 0.4) is 0 Å². The molecule has 4 atom stereocenters. The summed E-state index contributed by atoms with van der Waals surface area (Å²) in [5, 5.41) is -0.130. The molecule has 9 nitrogen and oxygen atoms in total. The smallest absolute Gasteiger partial charge is 0.241 e. The number of halogens is 1. The number of ether oxygens (including phenoxy) is 7. The van der Waals surface area contributed by atoms with Gasteiger partial charge in [0.25, 0.3) is 0 Å². The normalized spacial score (nSPS) is 19.7. The van der Waals surface area contributed by atoms with E-state index in [1.165, 1.54) is 11.8 Å². The minimum absolute atomic E-state index is 0.0613. The maximum Gasteiger partial charge on any atom is 0.241 e. The van der Waals surface area contributed by atoms with Crippen molar-refractivity contribution in [3.05, 3.63) is 95.0 Å². The first-order chi connectivity index (χ1) is 21.5. The van der Waals surface area contributed by atoms with Crippen LogP contribution in [-0.4, -0.2) is 70.8 Å². The Morgan fingerprint density at radius 3 is 2.41 bits per heavy atom. The van der Waals surface area contributed by atoms with Crippen molar-refractivity contribution >= 4 is 29.3 Å². The number of carbonyl (C=O) groups is 1. The Morgan fingerprint density at radius 2 is 1.68 bits per heavy atom. The SMILES string of the molecule is COCO[C@H]1C[C@@H](N(Cc2ccc(OC)cc2)C(=O)C(Sc2ccccc2)c2ccc3c(c2)OCO3)C(Cl)=C[C@H]1OCOC. The second-order valence-electron chi connectivity index (χ2n) is 10.2. The fraction of sp³-hybridized carbons (Fsp3) is 0.364. The van der Waals surface area contributed by atoms with Crippen molar-refractivity contribution in [2.45, 2.75) is 41.4 Å². The second-order valence-corrected chi connectivity index (χ2v) is 11.8. The molecule has 44 heavy (non-hydrogen) atoms. The van der Waals surface area contributed by atoms with Crippen LogP contribution in [-0.2, 0) is 30.3 Å². The number of thioether (sulfide) groups is 1. The summed E-state index contributed by atoms with van der Waals surface area (Å²) in [6.45, 7) is 0.571. The summed E-state index contributed by atoms with van der Waals surface area (Å²) in [5.74, 6) is 1.87. The van der Waals surface area contributed by atoms with Gasteiger partial charge in [0.15, 0.2) is 11.5 Å². The van der Waals surface area contributed by atoms with Gasteiger partial charge in [0, 0.05) is 37.1 Å². The number of hydrogen-bond donors (Lipinski definition) is 0. The molecule has 1 unspecified atom stereocenters. The molecular formula is C33H36ClNO8S. The topological polar surface area (TPSA) is 84.9 Å². The Hall–Kier alpha value is -3.25. The molecule has 234 valence electrons. The van der Waals surface area contributed by atoms with E-state index in [2.05, 4.69) is 0 Å². The lowest BCUT2D eigenvalue weighted by atomic mass is 9.94. The number of nitrogens with zero attached hydrogens (tertiary/aromatic N) is 1. The molecule has 3 aromatic rings. The molecule has 11 heteroatoms. The highest BCUT2D eigenvalue weighted by atomic mass is 35.5. The van der Waals surface area contributed by atoms with Gasteiger partial charge in [0.05, 0.1) is 19.3 Å². The maximum absolute atomic E-state index is 14.9. The zero-order valence-electron chi connectivity index (χ0n) is 24.8. The van der Waals surface area contributed by atoms with Gasteiger partial charge < -0.3 is 38.1 Å². The van der Waals surface area contributed by atoms with E-state index in [1.54, 1.807) is 27.4 Å². The summed E-state index contributed by atoms with van der Waals surface area (Å²) >= 11 is 8.46. The first kappa shape index (κ1) is 32.2. The first-order valence-electron chi connectivity index (χ1n) is 14.1. The van der Waals surface area contributed by atoms with Gasteiger partial charge in [-0.15, -0.1) is 11.8 Å². The number of amides is 1. The second kappa shape index (κ2) is 15.7. The lowest BCUT2D eigenvalue weighted by Gasteiger charge is -2.40. The van der Waals surface area contributed by atoms with E-state index in [0.717, 1.165) is 21.8 Å². The molecule has 0 saturated carbocycles. The summed E-state index contributed by atoms with van der Waals surface area (Å²) < 4.78 is 38.8. The highest BCUT2D eigenvalue weighted by Gasteiger charge is 2.40. The first-order valence-corrected chi connectivity index (χ1v) is 15.4. The van der Waals surface area contributed by atoms with Crippen molar-refractivity contribution in [1.82, 2.24) is 4.90 Å². The summed E-state index contributed by atoms with van der Waals surface area (Å²) in [6.07, 6.45) is 1.27. The zero-order valence-corrected chi connectivity index (χ0v) is 26.4. The van der Waals surface area contributed by atoms with Crippen LogP contribution in [0.25, 0.3) is 0 Å². The highest BCUT2D eigenvalue weighted by molar-refractivity contribution is 8.00. The molecule has 2 aliphatic rings. The molecule has 0 saturated heterocycles. The number of fused-ring (bicyclic) bond motifs is 1. The van der Waals surface area contributed by atoms with Crippen LogP contribution in [0, 0.1) is 0 Å². The quantitative estimate of drug-likeness (QED) is 0.152. The summed E-state index contributed by atoms with van der Waals surface area (Å²) in [5.41, 5.74) is 1.71. The van der Waals surface area contributed by atoms with Crippen molar-refractivity contribution in [3.8, 4) is 17.2 Å². The van der Waals surface area contributed by atoms with Crippen LogP contribution in [0.4, 0.5) is 0 Å². The monoisotopic (exact) mass is 641 g/mol. The zero-order chi connectivity index (χ0) is 30.9. The summed E-state index contributed by atoms with van der Waals surface area (Å²) in [7, 11) is 4.73. The standard InChI is InChI=1S/C33H36ClNO8S/c1-37-19-40-30-16-26(34)27(17-31(30)41-20-38-2)35(18-22-9-12-24(39-3)13-10-22)33(36)32(44-25-7-5-4-6-8-25)23-11-14-28-29(15-23)43-21-42-28/h4-16,27,30-32H,17-21H2,1-3H3/t27-,30-,31+,32?/m1/s1. The van der Waals surface area contributed by atoms with Crippen molar-refractivity contribution in [1.29, 1.82) is 0 Å². The largest absolute Gasteiger partial charge is 0.497 e. The molecule has 0 fully saturated rings. The highest BCUT2D eigenvalue weighted by Crippen LogP contribution is 2.43. The summed E-state index contributed by atoms with van der Waals surface area (Å²) in [4.78, 5) is 17.7. The third-order valence-corrected chi connectivity index (χ3v) is 8.97. The van der Waals surface area contributed by atoms with Gasteiger partial charge in [-0.1, -0.05) is 48.0 Å². The molecule has 0 radical (unpaired) electrons. The minimum atomic E-state index is -0.615. The molecule has 1 aliphatic heterocycles. The van der Waals surface area contributed by atoms with Crippen LogP contribution >= 0.6 is 23.4 Å². The van der Waals surface area contributed by atoms with Gasteiger partial charge in [-0.25, -0.2) is 0 Å². The lowest BCUT2D eigenvalue weighted by Crippen LogP contribution is -2.49. The van der Waals surface area contributed by atoms with E-state index in [9.17, 15) is 4.79 Å². The van der Waals surface area contributed by atoms with E-state index in [-0.39, 0.29) is 26.3 Å². The van der Waals surface area contributed by atoms with Crippen LogP contribution in [0.5, 0.6) is 17.2 Å². The Morgan fingerprint density at radius 1 is 0.955 bits per heavy atom. The molecule has 1 amide bonds. The Balaban J connectivity index is 1.54. The van der Waals surface area contributed by atoms with Crippen LogP contribution in [0.15, 0.2) is 88.8 Å². The molecular weight excluding hydrogens is 606 g/mol. The van der Waals surface area contributed by atoms with E-state index >= 15 is 0 Å². The fourth-order valence-corrected chi connectivity index (χ4v) is 6.57. The molecule has 1 heterocycles. The van der Waals surface area contributed by atoms with Crippen molar-refractivity contribution in [3.63, 3.8) is 0 Å². The van der Waals surface area contributed by atoms with Crippen LogP contribution in [0.2, 0.25) is 0 Å². The fourth-order valence-electron chi connectivity index (χ4n) is 5.13. The molecule has 0 bridgehead atoms. The van der Waals surface area contributed by atoms with Crippen molar-refractivity contribution < 1.29 is 38.0 Å². The van der Waals surface area contributed by atoms with Crippen molar-refractivity contribution in [2.75, 3.05) is 41.7 Å². The van der Waals surface area contributed by atoms with E-state index in [0.29, 0.717) is 29.5 Å². The molecule has 0 spiro atoms. The van der Waals surface area contributed by atoms with E-state index in [1.807, 2.05) is 77.7 Å². The van der Waals surface area contributed by atoms with Crippen LogP contribution < -0.4 is 14.2 Å². The Bertz CT molecular complexity index is 1410. The average molecular weight is 642 g/mol. The predicted octanol–water partition coefficient (Wildman–Crippen LogP) is 6.16. The van der Waals surface area contributed by atoms with Gasteiger partial charge in [-0.05, 0) is 53.6 Å². The minimum Gasteiger partial charge on any atom is -0.497 e. The van der Waals surface area contributed by atoms with E-state index < -0.39 is 23.5 Å². The number of benzene rings is 3. The number of carbonyl (C=O) groups excluding carboxylic acids is 1. The summed E-state index contributed by atoms with van der Waals surface area (Å²) in [6, 6.07) is 22.6. The Kier molecular flexibility index (Phi) is 11.4. The predicted molar refractivity (Wildman–Crippen MR) is 167 cm³/mol. The third kappa shape index (κ3) is 7.87. The van der Waals surface area contributed by atoms with E-state index in [4.69, 9.17) is 44.8 Å². The molecule has 0 aromatic heterocycles. The lowest BCUT2D eigenvalue weighted by molar-refractivity contribution is -0.154. The van der Waals surface area contributed by atoms with Gasteiger partial charge in [0.1, 0.15) is 30.7 Å². The van der Waals surface area contributed by atoms with Gasteiger partial charge in [-0.2, -0.15) is 0 Å². The number of rotatable bonds is 14. The molecule has 1 aliphatic carbocycles. The van der Waals surface area contributed by atoms with Crippen LogP contribution in [0.1, 0.15) is 22.8 Å².